The van der Waals surface area contributed by atoms with Gasteiger partial charge >= 0.3 is 11.9 Å². The summed E-state index contributed by atoms with van der Waals surface area (Å²) in [6.45, 7) is 0. The number of hydrogen-bond donors (Lipinski definition) is 2. The molecule has 3 rings (SSSR count). The van der Waals surface area contributed by atoms with Crippen molar-refractivity contribution < 1.29 is 24.5 Å². The van der Waals surface area contributed by atoms with E-state index in [9.17, 15) is 9.59 Å². The lowest BCUT2D eigenvalue weighted by Crippen LogP contribution is -1.95. The highest BCUT2D eigenvalue weighted by Gasteiger charge is 2.02. The molecule has 0 radical (unpaired) electrons. The molecule has 0 amide bonds. The number of aromatic carboxylic acids is 2. The van der Waals surface area contributed by atoms with Crippen LogP contribution in [0.3, 0.4) is 0 Å². The second-order valence-electron chi connectivity index (χ2n) is 5.28. The maximum atomic E-state index is 10.6. The second-order valence-corrected chi connectivity index (χ2v) is 5.28. The van der Waals surface area contributed by atoms with Gasteiger partial charge in [0.2, 0.25) is 0 Å². The minimum absolute atomic E-state index is 0.269. The average Bonchev–Trinajstić information content (AvgIpc) is 2.69. The zero-order valence-corrected chi connectivity index (χ0v) is 14.1. The Morgan fingerprint density at radius 3 is 1.50 bits per heavy atom. The highest BCUT2D eigenvalue weighted by atomic mass is 16.5. The number of carboxylic acid groups (broad SMARTS) is 2. The van der Waals surface area contributed by atoms with Gasteiger partial charge in [-0.2, -0.15) is 0 Å². The summed E-state index contributed by atoms with van der Waals surface area (Å²) in [4.78, 5) is 21.0. The van der Waals surface area contributed by atoms with Crippen molar-refractivity contribution in [3.8, 4) is 16.9 Å². The van der Waals surface area contributed by atoms with Gasteiger partial charge in [0.05, 0.1) is 18.2 Å². The number of carbonyl (C=O) groups is 2. The molecule has 0 aromatic heterocycles. The predicted octanol–water partition coefficient (Wildman–Crippen LogP) is 4.45. The molecule has 0 spiro atoms. The van der Waals surface area contributed by atoms with Crippen LogP contribution in [-0.4, -0.2) is 29.3 Å². The Labute approximate surface area is 151 Å². The fourth-order valence-corrected chi connectivity index (χ4v) is 2.17. The van der Waals surface area contributed by atoms with Crippen molar-refractivity contribution in [3.05, 3.63) is 90.0 Å². The molecule has 0 bridgehead atoms. The van der Waals surface area contributed by atoms with E-state index in [1.54, 1.807) is 24.3 Å². The summed E-state index contributed by atoms with van der Waals surface area (Å²) < 4.78 is 4.86. The van der Waals surface area contributed by atoms with Crippen molar-refractivity contribution in [1.82, 2.24) is 0 Å². The van der Waals surface area contributed by atoms with E-state index in [0.29, 0.717) is 11.3 Å². The van der Waals surface area contributed by atoms with E-state index in [-0.39, 0.29) is 5.56 Å². The molecule has 0 saturated heterocycles. The molecule has 5 heteroatoms. The summed E-state index contributed by atoms with van der Waals surface area (Å²) in [5.74, 6) is -1.16. The van der Waals surface area contributed by atoms with Crippen LogP contribution in [0.2, 0.25) is 0 Å². The van der Waals surface area contributed by atoms with Crippen molar-refractivity contribution in [3.63, 3.8) is 0 Å². The Morgan fingerprint density at radius 2 is 1.08 bits per heavy atom. The Hall–Kier alpha value is -3.60. The summed E-state index contributed by atoms with van der Waals surface area (Å²) in [5, 5.41) is 17.3. The molecule has 5 nitrogen and oxygen atoms in total. The maximum Gasteiger partial charge on any atom is 0.335 e. The Balaban J connectivity index is 0.000000197. The number of rotatable bonds is 4. The van der Waals surface area contributed by atoms with Gasteiger partial charge in [0.25, 0.3) is 0 Å². The summed E-state index contributed by atoms with van der Waals surface area (Å²) in [7, 11) is 1.54. The van der Waals surface area contributed by atoms with Crippen LogP contribution < -0.4 is 4.74 Å². The molecule has 0 atom stereocenters. The van der Waals surface area contributed by atoms with E-state index in [2.05, 4.69) is 0 Å². The maximum absolute atomic E-state index is 10.6. The van der Waals surface area contributed by atoms with Gasteiger partial charge in [-0.05, 0) is 47.5 Å². The van der Waals surface area contributed by atoms with Crippen LogP contribution in [0.1, 0.15) is 20.7 Å². The Bertz CT molecular complexity index is 853. The normalized spacial score (nSPS) is 9.58. The van der Waals surface area contributed by atoms with Crippen LogP contribution in [0, 0.1) is 0 Å². The average molecular weight is 350 g/mol. The Kier molecular flexibility index (Phi) is 6.51. The van der Waals surface area contributed by atoms with Gasteiger partial charge in [0.1, 0.15) is 5.75 Å². The molecule has 0 unspecified atom stereocenters. The van der Waals surface area contributed by atoms with Gasteiger partial charge in [-0.3, -0.25) is 0 Å². The lowest BCUT2D eigenvalue weighted by Gasteiger charge is -2.01. The van der Waals surface area contributed by atoms with Crippen molar-refractivity contribution in [1.29, 1.82) is 0 Å². The SMILES string of the molecule is COc1ccc(C(=O)O)cc1.O=C(O)c1ccc(-c2ccccc2)cc1. The molecule has 3 aromatic rings. The van der Waals surface area contributed by atoms with Gasteiger partial charge in [-0.25, -0.2) is 9.59 Å². The van der Waals surface area contributed by atoms with Crippen LogP contribution in [0.25, 0.3) is 11.1 Å². The molecule has 0 saturated carbocycles. The van der Waals surface area contributed by atoms with E-state index >= 15 is 0 Å². The van der Waals surface area contributed by atoms with Gasteiger partial charge in [0, 0.05) is 0 Å². The molecule has 0 aliphatic heterocycles. The number of methoxy groups -OCH3 is 1. The topological polar surface area (TPSA) is 83.8 Å². The highest BCUT2D eigenvalue weighted by Crippen LogP contribution is 2.19. The highest BCUT2D eigenvalue weighted by molar-refractivity contribution is 5.88. The van der Waals surface area contributed by atoms with Gasteiger partial charge in [0.15, 0.2) is 0 Å². The monoisotopic (exact) mass is 350 g/mol. The molecule has 0 fully saturated rings. The standard InChI is InChI=1S/C13H10O2.C8H8O3/c14-13(15)12-8-6-11(7-9-12)10-4-2-1-3-5-10;1-11-7-4-2-6(3-5-7)8(9)10/h1-9H,(H,14,15);2-5H,1H3,(H,9,10). The smallest absolute Gasteiger partial charge is 0.335 e. The number of carboxylic acids is 2. The zero-order chi connectivity index (χ0) is 18.9. The summed E-state index contributed by atoms with van der Waals surface area (Å²) in [6.07, 6.45) is 0. The van der Waals surface area contributed by atoms with Gasteiger partial charge < -0.3 is 14.9 Å². The largest absolute Gasteiger partial charge is 0.497 e. The molecule has 0 aliphatic carbocycles. The van der Waals surface area contributed by atoms with E-state index in [1.165, 1.54) is 19.2 Å². The number of benzene rings is 3. The van der Waals surface area contributed by atoms with Crippen LogP contribution in [0.5, 0.6) is 5.75 Å². The first kappa shape index (κ1) is 18.7. The van der Waals surface area contributed by atoms with Gasteiger partial charge in [-0.1, -0.05) is 42.5 Å². The Morgan fingerprint density at radius 1 is 0.654 bits per heavy atom. The number of hydrogen-bond acceptors (Lipinski definition) is 3. The van der Waals surface area contributed by atoms with Crippen LogP contribution in [0.4, 0.5) is 0 Å². The zero-order valence-electron chi connectivity index (χ0n) is 14.1. The van der Waals surface area contributed by atoms with E-state index in [1.807, 2.05) is 42.5 Å². The third kappa shape index (κ3) is 5.21. The summed E-state index contributed by atoms with van der Waals surface area (Å²) >= 11 is 0. The van der Waals surface area contributed by atoms with Crippen molar-refractivity contribution in [2.24, 2.45) is 0 Å². The summed E-state index contributed by atoms with van der Waals surface area (Å²) in [5.41, 5.74) is 2.70. The fourth-order valence-electron chi connectivity index (χ4n) is 2.17. The van der Waals surface area contributed by atoms with Crippen molar-refractivity contribution in [2.45, 2.75) is 0 Å². The van der Waals surface area contributed by atoms with Crippen LogP contribution >= 0.6 is 0 Å². The lowest BCUT2D eigenvalue weighted by molar-refractivity contribution is 0.0686. The molecular formula is C21H18O5. The fraction of sp³-hybridized carbons (Fsp3) is 0.0476. The minimum Gasteiger partial charge on any atom is -0.497 e. The van der Waals surface area contributed by atoms with Gasteiger partial charge in [-0.15, -0.1) is 0 Å². The molecule has 132 valence electrons. The molecule has 3 aromatic carbocycles. The van der Waals surface area contributed by atoms with E-state index in [0.717, 1.165) is 11.1 Å². The molecule has 0 heterocycles. The minimum atomic E-state index is -0.923. The quantitative estimate of drug-likeness (QED) is 0.726. The first-order chi connectivity index (χ1) is 12.5. The third-order valence-corrected chi connectivity index (χ3v) is 3.58. The van der Waals surface area contributed by atoms with Crippen molar-refractivity contribution >= 4 is 11.9 Å². The molecular weight excluding hydrogens is 332 g/mol. The predicted molar refractivity (Wildman–Crippen MR) is 98.8 cm³/mol. The first-order valence-electron chi connectivity index (χ1n) is 7.77. The molecule has 0 aliphatic rings. The molecule has 2 N–H and O–H groups in total. The first-order valence-corrected chi connectivity index (χ1v) is 7.77. The van der Waals surface area contributed by atoms with Crippen molar-refractivity contribution in [2.75, 3.05) is 7.11 Å². The van der Waals surface area contributed by atoms with Crippen LogP contribution in [-0.2, 0) is 0 Å². The number of ether oxygens (including phenoxy) is 1. The molecule has 26 heavy (non-hydrogen) atoms. The van der Waals surface area contributed by atoms with Crippen LogP contribution in [0.15, 0.2) is 78.9 Å². The van der Waals surface area contributed by atoms with E-state index in [4.69, 9.17) is 14.9 Å². The van der Waals surface area contributed by atoms with E-state index < -0.39 is 11.9 Å². The lowest BCUT2D eigenvalue weighted by atomic mass is 10.0. The second kappa shape index (κ2) is 9.03. The summed E-state index contributed by atoms with van der Waals surface area (Å²) in [6, 6.07) is 23.0. The third-order valence-electron chi connectivity index (χ3n) is 3.58.